The van der Waals surface area contributed by atoms with Gasteiger partial charge in [0.1, 0.15) is 0 Å². The predicted molar refractivity (Wildman–Crippen MR) is 99.3 cm³/mol. The second-order valence-corrected chi connectivity index (χ2v) is 9.13. The first-order chi connectivity index (χ1) is 11.8. The molecule has 0 unspecified atom stereocenters. The van der Waals surface area contributed by atoms with Gasteiger partial charge in [0.05, 0.1) is 15.8 Å². The largest absolute Gasteiger partial charge is 0.345 e. The van der Waals surface area contributed by atoms with Crippen molar-refractivity contribution in [3.63, 3.8) is 0 Å². The van der Waals surface area contributed by atoms with Crippen LogP contribution in [0.3, 0.4) is 0 Å². The first kappa shape index (κ1) is 18.1. The quantitative estimate of drug-likeness (QED) is 0.801. The summed E-state index contributed by atoms with van der Waals surface area (Å²) in [6.07, 6.45) is 5.77. The molecule has 1 amide bonds. The van der Waals surface area contributed by atoms with Gasteiger partial charge in [-0.1, -0.05) is 18.6 Å². The number of amides is 1. The maximum absolute atomic E-state index is 12.5. The van der Waals surface area contributed by atoms with Crippen LogP contribution in [0.25, 0.3) is 0 Å². The van der Waals surface area contributed by atoms with Crippen LogP contribution >= 0.6 is 11.3 Å². The average Bonchev–Trinajstić information content (AvgIpc) is 2.85. The van der Waals surface area contributed by atoms with Gasteiger partial charge in [-0.05, 0) is 61.9 Å². The van der Waals surface area contributed by atoms with Crippen molar-refractivity contribution in [3.05, 3.63) is 51.2 Å². The first-order valence-electron chi connectivity index (χ1n) is 8.40. The van der Waals surface area contributed by atoms with E-state index in [1.54, 1.807) is 23.5 Å². The van der Waals surface area contributed by atoms with Gasteiger partial charge in [-0.2, -0.15) is 0 Å². The van der Waals surface area contributed by atoms with Gasteiger partial charge >= 0.3 is 0 Å². The van der Waals surface area contributed by atoms with Gasteiger partial charge in [0.25, 0.3) is 5.91 Å². The number of thiophene rings is 1. The lowest BCUT2D eigenvalue weighted by Crippen LogP contribution is -2.26. The zero-order valence-corrected chi connectivity index (χ0v) is 15.8. The Balaban J connectivity index is 1.70. The molecule has 25 heavy (non-hydrogen) atoms. The molecule has 3 rings (SSSR count). The molecular formula is C18H22N2O3S2. The Bertz CT molecular complexity index is 847. The van der Waals surface area contributed by atoms with Crippen LogP contribution in [0.1, 0.15) is 57.9 Å². The second-order valence-electron chi connectivity index (χ2n) is 6.43. The number of fused-ring (bicyclic) bond motifs is 1. The number of carbonyl (C=O) groups is 1. The summed E-state index contributed by atoms with van der Waals surface area (Å²) in [4.78, 5) is 14.7. The van der Waals surface area contributed by atoms with Gasteiger partial charge in [0, 0.05) is 4.88 Å². The van der Waals surface area contributed by atoms with Crippen LogP contribution in [0.4, 0.5) is 0 Å². The molecule has 3 N–H and O–H groups in total. The first-order valence-corrected chi connectivity index (χ1v) is 10.8. The topological polar surface area (TPSA) is 89.3 Å². The van der Waals surface area contributed by atoms with Crippen LogP contribution in [0, 0.1) is 0 Å². The number of hydrogen-bond acceptors (Lipinski definition) is 4. The molecule has 134 valence electrons. The van der Waals surface area contributed by atoms with Gasteiger partial charge in [-0.15, -0.1) is 11.3 Å². The number of hydrogen-bond donors (Lipinski definition) is 2. The molecule has 1 aliphatic carbocycles. The van der Waals surface area contributed by atoms with E-state index in [2.05, 4.69) is 5.32 Å². The van der Waals surface area contributed by atoms with Crippen LogP contribution < -0.4 is 10.5 Å². The molecule has 1 aromatic carbocycles. The highest BCUT2D eigenvalue weighted by Crippen LogP contribution is 2.29. The zero-order valence-electron chi connectivity index (χ0n) is 14.1. The Morgan fingerprint density at radius 3 is 2.52 bits per heavy atom. The summed E-state index contributed by atoms with van der Waals surface area (Å²) in [5.41, 5.74) is 2.15. The third-order valence-electron chi connectivity index (χ3n) is 4.53. The molecule has 0 saturated heterocycles. The Morgan fingerprint density at radius 1 is 1.16 bits per heavy atom. The van der Waals surface area contributed by atoms with Crippen molar-refractivity contribution in [1.82, 2.24) is 5.32 Å². The Labute approximate surface area is 152 Å². The average molecular weight is 379 g/mol. The van der Waals surface area contributed by atoms with Gasteiger partial charge < -0.3 is 5.32 Å². The van der Waals surface area contributed by atoms with Crippen molar-refractivity contribution >= 4 is 27.3 Å². The fourth-order valence-corrected chi connectivity index (χ4v) is 4.75. The van der Waals surface area contributed by atoms with Crippen molar-refractivity contribution in [1.29, 1.82) is 0 Å². The smallest absolute Gasteiger partial charge is 0.261 e. The van der Waals surface area contributed by atoms with Gasteiger partial charge in [-0.25, -0.2) is 13.6 Å². The van der Waals surface area contributed by atoms with Crippen LogP contribution in [-0.4, -0.2) is 14.3 Å². The van der Waals surface area contributed by atoms with Crippen molar-refractivity contribution in [2.75, 3.05) is 0 Å². The van der Waals surface area contributed by atoms with E-state index in [1.165, 1.54) is 41.8 Å². The third-order valence-corrected chi connectivity index (χ3v) is 6.69. The van der Waals surface area contributed by atoms with Crippen molar-refractivity contribution < 1.29 is 13.2 Å². The number of aryl methyl sites for hydroxylation is 2. The number of carbonyl (C=O) groups excluding carboxylic acids is 1. The summed E-state index contributed by atoms with van der Waals surface area (Å²) in [5.74, 6) is -0.0823. The van der Waals surface area contributed by atoms with E-state index >= 15 is 0 Å². The van der Waals surface area contributed by atoms with Gasteiger partial charge in [-0.3, -0.25) is 4.79 Å². The molecule has 7 heteroatoms. The van der Waals surface area contributed by atoms with E-state index in [-0.39, 0.29) is 16.8 Å². The van der Waals surface area contributed by atoms with Crippen LogP contribution in [-0.2, 0) is 22.9 Å². The molecule has 0 radical (unpaired) electrons. The maximum Gasteiger partial charge on any atom is 0.261 e. The third kappa shape index (κ3) is 4.29. The van der Waals surface area contributed by atoms with E-state index in [0.29, 0.717) is 0 Å². The van der Waals surface area contributed by atoms with Crippen molar-refractivity contribution in [3.8, 4) is 0 Å². The van der Waals surface area contributed by atoms with Crippen LogP contribution in [0.5, 0.6) is 0 Å². The Kier molecular flexibility index (Phi) is 5.27. The molecule has 1 heterocycles. The lowest BCUT2D eigenvalue weighted by atomic mass is 10.1. The lowest BCUT2D eigenvalue weighted by molar-refractivity contribution is 0.0944. The molecule has 1 aromatic heterocycles. The minimum atomic E-state index is -3.70. The van der Waals surface area contributed by atoms with Crippen molar-refractivity contribution in [2.45, 2.75) is 50.0 Å². The fraction of sp³-hybridized carbons (Fsp3) is 0.389. The predicted octanol–water partition coefficient (Wildman–Crippen LogP) is 3.16. The Morgan fingerprint density at radius 2 is 1.84 bits per heavy atom. The van der Waals surface area contributed by atoms with Gasteiger partial charge in [0.2, 0.25) is 10.0 Å². The van der Waals surface area contributed by atoms with E-state index in [1.807, 2.05) is 13.0 Å². The molecule has 2 aromatic rings. The second kappa shape index (κ2) is 7.27. The summed E-state index contributed by atoms with van der Waals surface area (Å²) in [6, 6.07) is 8.07. The lowest BCUT2D eigenvalue weighted by Gasteiger charge is -2.14. The zero-order chi connectivity index (χ0) is 18.0. The molecular weight excluding hydrogens is 356 g/mol. The van der Waals surface area contributed by atoms with Crippen LogP contribution in [0.2, 0.25) is 0 Å². The molecule has 1 atom stereocenters. The summed E-state index contributed by atoms with van der Waals surface area (Å²) < 4.78 is 22.6. The minimum absolute atomic E-state index is 0.0665. The summed E-state index contributed by atoms with van der Waals surface area (Å²) in [7, 11) is -3.70. The Hall–Kier alpha value is -1.70. The highest BCUT2D eigenvalue weighted by molar-refractivity contribution is 7.89. The molecule has 5 nitrogen and oxygen atoms in total. The molecule has 0 fully saturated rings. The number of rotatable bonds is 4. The number of nitrogens with two attached hydrogens (primary N) is 1. The number of primary sulfonamides is 1. The van der Waals surface area contributed by atoms with E-state index < -0.39 is 10.0 Å². The summed E-state index contributed by atoms with van der Waals surface area (Å²) in [5, 5.41) is 8.09. The standard InChI is InChI=1S/C18H22N2O3S2/c1-12(13-7-9-15(10-8-13)25(19,22)23)20-18(21)17-11-14-5-3-2-4-6-16(14)24-17/h7-12H,2-6H2,1H3,(H,20,21)(H2,19,22,23)/t12-/m0/s1. The number of sulfonamides is 1. The molecule has 0 spiro atoms. The van der Waals surface area contributed by atoms with E-state index in [9.17, 15) is 13.2 Å². The SMILES string of the molecule is C[C@H](NC(=O)c1cc2c(s1)CCCCC2)c1ccc(S(N)(=O)=O)cc1. The molecule has 0 bridgehead atoms. The minimum Gasteiger partial charge on any atom is -0.345 e. The highest BCUT2D eigenvalue weighted by Gasteiger charge is 2.18. The van der Waals surface area contributed by atoms with E-state index in [0.717, 1.165) is 23.3 Å². The molecule has 0 aliphatic heterocycles. The van der Waals surface area contributed by atoms with Gasteiger partial charge in [0.15, 0.2) is 0 Å². The normalized spacial score (nSPS) is 15.9. The van der Waals surface area contributed by atoms with E-state index in [4.69, 9.17) is 5.14 Å². The number of nitrogens with one attached hydrogen (secondary N) is 1. The van der Waals surface area contributed by atoms with Crippen molar-refractivity contribution in [2.24, 2.45) is 5.14 Å². The summed E-state index contributed by atoms with van der Waals surface area (Å²) in [6.45, 7) is 1.88. The highest BCUT2D eigenvalue weighted by atomic mass is 32.2. The molecule has 1 aliphatic rings. The fourth-order valence-electron chi connectivity index (χ4n) is 3.08. The monoisotopic (exact) mass is 378 g/mol. The number of benzene rings is 1. The maximum atomic E-state index is 12.5. The molecule has 0 saturated carbocycles. The van der Waals surface area contributed by atoms with Crippen LogP contribution in [0.15, 0.2) is 35.2 Å². The summed E-state index contributed by atoms with van der Waals surface area (Å²) >= 11 is 1.59.